The molecule has 0 amide bonds. The molecule has 2 fully saturated rings. The topological polar surface area (TPSA) is 66.4 Å². The Morgan fingerprint density at radius 1 is 1.25 bits per heavy atom. The molecule has 0 saturated carbocycles. The molecule has 0 spiro atoms. The van der Waals surface area contributed by atoms with Crippen LogP contribution in [0.25, 0.3) is 10.9 Å². The van der Waals surface area contributed by atoms with Crippen molar-refractivity contribution in [1.29, 1.82) is 0 Å². The molecule has 0 aliphatic carbocycles. The summed E-state index contributed by atoms with van der Waals surface area (Å²) in [7, 11) is 2.15. The molecule has 1 N–H and O–H groups in total. The lowest BCUT2D eigenvalue weighted by molar-refractivity contribution is 0.188. The summed E-state index contributed by atoms with van der Waals surface area (Å²) in [4.78, 5) is 18.1. The van der Waals surface area contributed by atoms with Gasteiger partial charge in [0.1, 0.15) is 12.4 Å². The summed E-state index contributed by atoms with van der Waals surface area (Å²) >= 11 is 0. The van der Waals surface area contributed by atoms with Crippen LogP contribution in [0.3, 0.4) is 0 Å². The Morgan fingerprint density at radius 2 is 2.12 bits per heavy atom. The lowest BCUT2D eigenvalue weighted by atomic mass is 10.2. The third kappa shape index (κ3) is 3.14. The zero-order valence-electron chi connectivity index (χ0n) is 14.1. The summed E-state index contributed by atoms with van der Waals surface area (Å²) in [6.07, 6.45) is 6.00. The highest BCUT2D eigenvalue weighted by molar-refractivity contribution is 5.89. The molecular weight excluding hydrogens is 304 g/mol. The van der Waals surface area contributed by atoms with Crippen LogP contribution in [-0.4, -0.2) is 72.3 Å². The number of nitrogens with zero attached hydrogens (tertiary/aromatic N) is 5. The van der Waals surface area contributed by atoms with Crippen LogP contribution < -0.4 is 15.0 Å². The molecule has 4 rings (SSSR count). The van der Waals surface area contributed by atoms with Crippen molar-refractivity contribution in [2.75, 3.05) is 51.3 Å². The molecule has 7 nitrogen and oxygen atoms in total. The Kier molecular flexibility index (Phi) is 4.44. The van der Waals surface area contributed by atoms with Gasteiger partial charge < -0.3 is 19.9 Å². The molecule has 0 bridgehead atoms. The van der Waals surface area contributed by atoms with Crippen LogP contribution in [0.1, 0.15) is 12.8 Å². The summed E-state index contributed by atoms with van der Waals surface area (Å²) in [6.45, 7) is 5.61. The minimum Gasteiger partial charge on any atom is -0.462 e. The molecule has 0 radical (unpaired) electrons. The summed E-state index contributed by atoms with van der Waals surface area (Å²) in [6, 6.07) is 2.91. The number of hydrogen-bond acceptors (Lipinski definition) is 7. The van der Waals surface area contributed by atoms with Crippen LogP contribution in [0.4, 0.5) is 5.82 Å². The van der Waals surface area contributed by atoms with Crippen LogP contribution in [-0.2, 0) is 0 Å². The molecule has 7 heteroatoms. The van der Waals surface area contributed by atoms with E-state index in [1.54, 1.807) is 12.4 Å². The third-order valence-corrected chi connectivity index (χ3v) is 4.95. The number of likely N-dealkylation sites (N-methyl/N-ethyl adjacent to an activating group) is 1. The number of nitrogens with one attached hydrogen (secondary N) is 1. The van der Waals surface area contributed by atoms with Crippen molar-refractivity contribution in [1.82, 2.24) is 25.2 Å². The SMILES string of the molecule is CN1CCC[C@H]1COc1nc(N2CCNCC2)c2ccncc2n1. The monoisotopic (exact) mass is 328 g/mol. The van der Waals surface area contributed by atoms with Crippen molar-refractivity contribution in [3.8, 4) is 6.01 Å². The molecule has 2 saturated heterocycles. The Morgan fingerprint density at radius 3 is 2.92 bits per heavy atom. The van der Waals surface area contributed by atoms with Crippen LogP contribution in [0.2, 0.25) is 0 Å². The van der Waals surface area contributed by atoms with Crippen molar-refractivity contribution in [2.24, 2.45) is 0 Å². The van der Waals surface area contributed by atoms with Crippen LogP contribution in [0, 0.1) is 0 Å². The maximum Gasteiger partial charge on any atom is 0.319 e. The maximum absolute atomic E-state index is 5.97. The highest BCUT2D eigenvalue weighted by Crippen LogP contribution is 2.26. The van der Waals surface area contributed by atoms with E-state index < -0.39 is 0 Å². The van der Waals surface area contributed by atoms with Gasteiger partial charge in [-0.1, -0.05) is 0 Å². The van der Waals surface area contributed by atoms with Crippen molar-refractivity contribution in [3.05, 3.63) is 18.5 Å². The minimum atomic E-state index is 0.459. The first-order valence-corrected chi connectivity index (χ1v) is 8.72. The molecule has 0 aromatic carbocycles. The van der Waals surface area contributed by atoms with Gasteiger partial charge in [-0.2, -0.15) is 9.97 Å². The normalized spacial score (nSPS) is 22.2. The Hall–Kier alpha value is -1.99. The molecule has 1 atom stereocenters. The second-order valence-corrected chi connectivity index (χ2v) is 6.55. The first kappa shape index (κ1) is 15.5. The Balaban J connectivity index is 1.61. The first-order chi connectivity index (χ1) is 11.8. The fourth-order valence-electron chi connectivity index (χ4n) is 3.49. The fraction of sp³-hybridized carbons (Fsp3) is 0.588. The van der Waals surface area contributed by atoms with Gasteiger partial charge in [-0.05, 0) is 32.5 Å². The van der Waals surface area contributed by atoms with E-state index in [0.717, 1.165) is 49.4 Å². The van der Waals surface area contributed by atoms with Crippen molar-refractivity contribution in [2.45, 2.75) is 18.9 Å². The summed E-state index contributed by atoms with van der Waals surface area (Å²) in [5.74, 6) is 0.957. The van der Waals surface area contributed by atoms with E-state index in [1.165, 1.54) is 12.8 Å². The molecular formula is C17H24N6O. The first-order valence-electron chi connectivity index (χ1n) is 8.72. The van der Waals surface area contributed by atoms with E-state index >= 15 is 0 Å². The van der Waals surface area contributed by atoms with Crippen LogP contribution in [0.15, 0.2) is 18.5 Å². The second kappa shape index (κ2) is 6.86. The number of piperazine rings is 1. The minimum absolute atomic E-state index is 0.459. The van der Waals surface area contributed by atoms with E-state index in [2.05, 4.69) is 32.1 Å². The number of likely N-dealkylation sites (tertiary alicyclic amines) is 1. The van der Waals surface area contributed by atoms with Crippen molar-refractivity contribution >= 4 is 16.7 Å². The number of fused-ring (bicyclic) bond motifs is 1. The fourth-order valence-corrected chi connectivity index (χ4v) is 3.49. The number of rotatable bonds is 4. The highest BCUT2D eigenvalue weighted by atomic mass is 16.5. The lowest BCUT2D eigenvalue weighted by Gasteiger charge is -2.29. The average Bonchev–Trinajstić information content (AvgIpc) is 3.05. The summed E-state index contributed by atoms with van der Waals surface area (Å²) in [5, 5.41) is 4.42. The van der Waals surface area contributed by atoms with E-state index in [9.17, 15) is 0 Å². The maximum atomic E-state index is 5.97. The molecule has 2 aliphatic heterocycles. The highest BCUT2D eigenvalue weighted by Gasteiger charge is 2.22. The number of anilines is 1. The quantitative estimate of drug-likeness (QED) is 0.895. The standard InChI is InChI=1S/C17H24N6O/c1-22-8-2-3-13(22)12-24-17-20-15-11-19-5-4-14(15)16(21-17)23-9-6-18-7-10-23/h4-5,11,13,18H,2-3,6-10,12H2,1H3/t13-/m0/s1. The lowest BCUT2D eigenvalue weighted by Crippen LogP contribution is -2.44. The predicted molar refractivity (Wildman–Crippen MR) is 93.6 cm³/mol. The van der Waals surface area contributed by atoms with Gasteiger partial charge >= 0.3 is 6.01 Å². The summed E-state index contributed by atoms with van der Waals surface area (Å²) in [5.41, 5.74) is 0.843. The van der Waals surface area contributed by atoms with Crippen molar-refractivity contribution in [3.63, 3.8) is 0 Å². The molecule has 128 valence electrons. The van der Waals surface area contributed by atoms with E-state index in [0.29, 0.717) is 18.7 Å². The number of aromatic nitrogens is 3. The van der Waals surface area contributed by atoms with Gasteiger partial charge in [0.2, 0.25) is 0 Å². The smallest absolute Gasteiger partial charge is 0.319 e. The number of pyridine rings is 1. The zero-order chi connectivity index (χ0) is 16.4. The van der Waals surface area contributed by atoms with E-state index in [4.69, 9.17) is 9.72 Å². The van der Waals surface area contributed by atoms with Gasteiger partial charge in [-0.3, -0.25) is 4.98 Å². The van der Waals surface area contributed by atoms with Gasteiger partial charge in [0.25, 0.3) is 0 Å². The Labute approximate surface area is 142 Å². The number of ether oxygens (including phenoxy) is 1. The largest absolute Gasteiger partial charge is 0.462 e. The van der Waals surface area contributed by atoms with Crippen molar-refractivity contribution < 1.29 is 4.74 Å². The zero-order valence-corrected chi connectivity index (χ0v) is 14.1. The second-order valence-electron chi connectivity index (χ2n) is 6.55. The number of hydrogen-bond donors (Lipinski definition) is 1. The van der Waals surface area contributed by atoms with Gasteiger partial charge in [0.15, 0.2) is 0 Å². The molecule has 2 aromatic heterocycles. The summed E-state index contributed by atoms with van der Waals surface area (Å²) < 4.78 is 5.97. The predicted octanol–water partition coefficient (Wildman–Crippen LogP) is 0.907. The van der Waals surface area contributed by atoms with Gasteiger partial charge in [-0.15, -0.1) is 0 Å². The van der Waals surface area contributed by atoms with Gasteiger partial charge in [-0.25, -0.2) is 0 Å². The molecule has 2 aromatic rings. The average molecular weight is 328 g/mol. The van der Waals surface area contributed by atoms with Gasteiger partial charge in [0, 0.05) is 43.8 Å². The molecule has 0 unspecified atom stereocenters. The van der Waals surface area contributed by atoms with Crippen LogP contribution in [0.5, 0.6) is 6.01 Å². The van der Waals surface area contributed by atoms with E-state index in [1.807, 2.05) is 6.07 Å². The molecule has 4 heterocycles. The van der Waals surface area contributed by atoms with E-state index in [-0.39, 0.29) is 0 Å². The van der Waals surface area contributed by atoms with Crippen LogP contribution >= 0.6 is 0 Å². The molecule has 2 aliphatic rings. The Bertz CT molecular complexity index is 703. The molecule has 24 heavy (non-hydrogen) atoms. The van der Waals surface area contributed by atoms with Gasteiger partial charge in [0.05, 0.1) is 11.7 Å². The third-order valence-electron chi connectivity index (χ3n) is 4.95.